The first kappa shape index (κ1) is 19.2. The van der Waals surface area contributed by atoms with Crippen LogP contribution in [0.2, 0.25) is 5.15 Å². The minimum absolute atomic E-state index is 0.00251. The molecule has 0 bridgehead atoms. The first-order valence-electron chi connectivity index (χ1n) is 8.41. The zero-order valence-electron chi connectivity index (χ0n) is 14.7. The van der Waals surface area contributed by atoms with Crippen LogP contribution < -0.4 is 4.72 Å². The van der Waals surface area contributed by atoms with E-state index in [-0.39, 0.29) is 16.6 Å². The number of halogens is 1. The van der Waals surface area contributed by atoms with Crippen molar-refractivity contribution in [3.05, 3.63) is 60.3 Å². The predicted molar refractivity (Wildman–Crippen MR) is 106 cm³/mol. The van der Waals surface area contributed by atoms with Crippen molar-refractivity contribution in [3.63, 3.8) is 0 Å². The number of imidazole rings is 1. The van der Waals surface area contributed by atoms with Crippen molar-refractivity contribution in [1.82, 2.24) is 24.2 Å². The van der Waals surface area contributed by atoms with E-state index in [1.54, 1.807) is 36.4 Å². The lowest BCUT2D eigenvalue weighted by molar-refractivity contribution is -0.139. The van der Waals surface area contributed by atoms with Crippen molar-refractivity contribution in [2.24, 2.45) is 0 Å². The summed E-state index contributed by atoms with van der Waals surface area (Å²) in [5, 5.41) is 11.0. The van der Waals surface area contributed by atoms with Crippen LogP contribution in [0.25, 0.3) is 21.9 Å². The quantitative estimate of drug-likeness (QED) is 0.447. The third-order valence-corrected chi connectivity index (χ3v) is 6.18. The average molecular weight is 432 g/mol. The molecule has 29 heavy (non-hydrogen) atoms. The van der Waals surface area contributed by atoms with Crippen LogP contribution in [0, 0.1) is 0 Å². The summed E-state index contributed by atoms with van der Waals surface area (Å²) in [7, 11) is -4.12. The Bertz CT molecular complexity index is 1330. The highest BCUT2D eigenvalue weighted by Gasteiger charge is 2.27. The number of benzene rings is 2. The minimum Gasteiger partial charge on any atom is -0.480 e. The van der Waals surface area contributed by atoms with Gasteiger partial charge in [0.1, 0.15) is 17.9 Å². The van der Waals surface area contributed by atoms with Gasteiger partial charge >= 0.3 is 5.97 Å². The first-order chi connectivity index (χ1) is 13.9. The van der Waals surface area contributed by atoms with E-state index in [0.717, 1.165) is 5.39 Å². The van der Waals surface area contributed by atoms with E-state index in [1.165, 1.54) is 23.3 Å². The fourth-order valence-corrected chi connectivity index (χ4v) is 4.62. The molecule has 1 atom stereocenters. The fraction of sp³-hybridized carbons (Fsp3) is 0.111. The molecule has 0 aliphatic rings. The molecule has 0 radical (unpaired) electrons. The van der Waals surface area contributed by atoms with Gasteiger partial charge in [-0.1, -0.05) is 48.0 Å². The van der Waals surface area contributed by atoms with Gasteiger partial charge in [-0.2, -0.15) is 4.72 Å². The van der Waals surface area contributed by atoms with Crippen molar-refractivity contribution in [1.29, 1.82) is 0 Å². The van der Waals surface area contributed by atoms with Crippen LogP contribution in [0.15, 0.2) is 60.0 Å². The molecule has 2 heterocycles. The smallest absolute Gasteiger partial charge is 0.323 e. The second-order valence-corrected chi connectivity index (χ2v) is 8.26. The van der Waals surface area contributed by atoms with Crippen LogP contribution in [0.1, 0.15) is 0 Å². The number of nitrogens with zero attached hydrogens (tertiary/aromatic N) is 4. The SMILES string of the molecule is O=C(O)[C@H](Cn1cnc2c(Cl)ncnc21)NS(=O)(=O)c1cccc2ccccc12. The van der Waals surface area contributed by atoms with E-state index in [0.29, 0.717) is 16.6 Å². The number of rotatable bonds is 6. The molecule has 0 saturated heterocycles. The Kier molecular flexibility index (Phi) is 4.91. The summed E-state index contributed by atoms with van der Waals surface area (Å²) in [4.78, 5) is 23.7. The molecule has 0 unspecified atom stereocenters. The van der Waals surface area contributed by atoms with Crippen LogP contribution in [-0.4, -0.2) is 45.1 Å². The number of aliphatic carboxylic acids is 1. The summed E-state index contributed by atoms with van der Waals surface area (Å²) < 4.78 is 29.6. The van der Waals surface area contributed by atoms with Crippen LogP contribution in [0.5, 0.6) is 0 Å². The molecule has 4 rings (SSSR count). The lowest BCUT2D eigenvalue weighted by atomic mass is 10.1. The lowest BCUT2D eigenvalue weighted by Gasteiger charge is -2.16. The van der Waals surface area contributed by atoms with E-state index in [2.05, 4.69) is 19.7 Å². The third kappa shape index (κ3) is 3.65. The number of carbonyl (C=O) groups is 1. The molecule has 0 spiro atoms. The van der Waals surface area contributed by atoms with Crippen LogP contribution in [-0.2, 0) is 21.4 Å². The maximum atomic E-state index is 13.0. The van der Waals surface area contributed by atoms with Crippen LogP contribution >= 0.6 is 11.6 Å². The van der Waals surface area contributed by atoms with Crippen molar-refractivity contribution in [2.75, 3.05) is 0 Å². The Morgan fingerprint density at radius 1 is 1.14 bits per heavy atom. The number of hydrogen-bond donors (Lipinski definition) is 2. The lowest BCUT2D eigenvalue weighted by Crippen LogP contribution is -2.43. The van der Waals surface area contributed by atoms with Gasteiger partial charge in [-0.15, -0.1) is 0 Å². The Morgan fingerprint density at radius 3 is 2.69 bits per heavy atom. The third-order valence-electron chi connectivity index (χ3n) is 4.37. The molecule has 0 aliphatic carbocycles. The van der Waals surface area contributed by atoms with E-state index < -0.39 is 22.0 Å². The number of nitrogens with one attached hydrogen (secondary N) is 1. The Hall–Kier alpha value is -3.08. The topological polar surface area (TPSA) is 127 Å². The van der Waals surface area contributed by atoms with Gasteiger partial charge in [0.05, 0.1) is 17.8 Å². The van der Waals surface area contributed by atoms with Gasteiger partial charge in [0, 0.05) is 5.39 Å². The van der Waals surface area contributed by atoms with E-state index in [1.807, 2.05) is 0 Å². The highest BCUT2D eigenvalue weighted by Crippen LogP contribution is 2.23. The van der Waals surface area contributed by atoms with Crippen molar-refractivity contribution < 1.29 is 18.3 Å². The number of carboxylic acid groups (broad SMARTS) is 1. The zero-order valence-corrected chi connectivity index (χ0v) is 16.3. The molecular weight excluding hydrogens is 418 g/mol. The molecule has 148 valence electrons. The normalized spacial score (nSPS) is 13.0. The first-order valence-corrected chi connectivity index (χ1v) is 10.3. The van der Waals surface area contributed by atoms with Gasteiger partial charge in [0.25, 0.3) is 0 Å². The molecule has 0 fully saturated rings. The van der Waals surface area contributed by atoms with Crippen LogP contribution in [0.3, 0.4) is 0 Å². The van der Waals surface area contributed by atoms with Crippen molar-refractivity contribution >= 4 is 49.5 Å². The summed E-state index contributed by atoms with van der Waals surface area (Å²) >= 11 is 5.96. The van der Waals surface area contributed by atoms with Crippen molar-refractivity contribution in [3.8, 4) is 0 Å². The molecule has 0 aliphatic heterocycles. The number of fused-ring (bicyclic) bond motifs is 2. The van der Waals surface area contributed by atoms with Crippen molar-refractivity contribution in [2.45, 2.75) is 17.5 Å². The maximum absolute atomic E-state index is 13.0. The van der Waals surface area contributed by atoms with Gasteiger partial charge in [0.15, 0.2) is 10.8 Å². The highest BCUT2D eigenvalue weighted by molar-refractivity contribution is 7.89. The number of hydrogen-bond acceptors (Lipinski definition) is 6. The Labute approximate surface area is 170 Å². The highest BCUT2D eigenvalue weighted by atomic mass is 35.5. The monoisotopic (exact) mass is 431 g/mol. The van der Waals surface area contributed by atoms with Gasteiger partial charge in [-0.3, -0.25) is 4.79 Å². The molecule has 0 amide bonds. The molecule has 11 heteroatoms. The molecule has 2 N–H and O–H groups in total. The second-order valence-electron chi connectivity index (χ2n) is 6.22. The van der Waals surface area contributed by atoms with E-state index in [4.69, 9.17) is 11.6 Å². The predicted octanol–water partition coefficient (Wildman–Crippen LogP) is 2.06. The molecule has 0 saturated carbocycles. The second kappa shape index (κ2) is 7.39. The minimum atomic E-state index is -4.12. The largest absolute Gasteiger partial charge is 0.480 e. The summed E-state index contributed by atoms with van der Waals surface area (Å²) in [5.41, 5.74) is 0.607. The van der Waals surface area contributed by atoms with Gasteiger partial charge < -0.3 is 9.67 Å². The van der Waals surface area contributed by atoms with Gasteiger partial charge in [-0.05, 0) is 11.5 Å². The van der Waals surface area contributed by atoms with Crippen LogP contribution in [0.4, 0.5) is 0 Å². The molecule has 2 aromatic carbocycles. The van der Waals surface area contributed by atoms with E-state index in [9.17, 15) is 18.3 Å². The summed E-state index contributed by atoms with van der Waals surface area (Å²) in [6, 6.07) is 10.3. The van der Waals surface area contributed by atoms with Gasteiger partial charge in [0.2, 0.25) is 10.0 Å². The Balaban J connectivity index is 1.69. The summed E-state index contributed by atoms with van der Waals surface area (Å²) in [6.45, 7) is -0.233. The molecular formula is C18H14ClN5O4S. The fourth-order valence-electron chi connectivity index (χ4n) is 3.03. The number of carboxylic acids is 1. The molecule has 2 aromatic heterocycles. The summed E-state index contributed by atoms with van der Waals surface area (Å²) in [5.74, 6) is -1.34. The zero-order chi connectivity index (χ0) is 20.6. The Morgan fingerprint density at radius 2 is 1.90 bits per heavy atom. The average Bonchev–Trinajstić information content (AvgIpc) is 3.11. The maximum Gasteiger partial charge on any atom is 0.323 e. The van der Waals surface area contributed by atoms with E-state index >= 15 is 0 Å². The molecule has 9 nitrogen and oxygen atoms in total. The molecule has 4 aromatic rings. The summed E-state index contributed by atoms with van der Waals surface area (Å²) in [6.07, 6.45) is 2.56. The standard InChI is InChI=1S/C18H14ClN5O4S/c19-16-15-17(21-9-20-16)24(10-22-15)8-13(18(25)26)23-29(27,28)14-7-3-5-11-4-1-2-6-12(11)14/h1-7,9-10,13,23H,8H2,(H,25,26)/t13-/m0/s1. The number of aromatic nitrogens is 4. The van der Waals surface area contributed by atoms with Gasteiger partial charge in [-0.25, -0.2) is 23.4 Å². The number of sulfonamides is 1.